The summed E-state index contributed by atoms with van der Waals surface area (Å²) in [5.74, 6) is -0.422. The number of carbonyl (C=O) groups is 1. The summed E-state index contributed by atoms with van der Waals surface area (Å²) in [5.41, 5.74) is 1.33. The molecule has 2 atom stereocenters. The Morgan fingerprint density at radius 2 is 1.77 bits per heavy atom. The Hall–Kier alpha value is -1.50. The van der Waals surface area contributed by atoms with Gasteiger partial charge in [0.2, 0.25) is 0 Å². The molecule has 1 aliphatic carbocycles. The Kier molecular flexibility index (Phi) is 10.00. The summed E-state index contributed by atoms with van der Waals surface area (Å²) >= 11 is 12.8. The molecule has 2 saturated heterocycles. The van der Waals surface area contributed by atoms with E-state index in [1.165, 1.54) is 43.7 Å². The lowest BCUT2D eigenvalue weighted by Gasteiger charge is -2.42. The summed E-state index contributed by atoms with van der Waals surface area (Å²) in [4.78, 5) is 18.9. The Morgan fingerprint density at radius 3 is 2.51 bits per heavy atom. The minimum atomic E-state index is -0.419. The summed E-state index contributed by atoms with van der Waals surface area (Å²) in [6.45, 7) is 6.29. The van der Waals surface area contributed by atoms with E-state index < -0.39 is 5.82 Å². The molecular formula is C32H42Cl2FN3O. The van der Waals surface area contributed by atoms with E-state index in [1.807, 2.05) is 12.1 Å². The van der Waals surface area contributed by atoms with Crippen LogP contribution in [0.1, 0.15) is 68.9 Å². The molecule has 39 heavy (non-hydrogen) atoms. The third-order valence-electron chi connectivity index (χ3n) is 9.46. The summed E-state index contributed by atoms with van der Waals surface area (Å²) in [5, 5.41) is 4.53. The van der Waals surface area contributed by atoms with Crippen LogP contribution in [0.25, 0.3) is 0 Å². The van der Waals surface area contributed by atoms with Gasteiger partial charge in [-0.1, -0.05) is 60.7 Å². The number of hydrogen-bond acceptors (Lipinski definition) is 4. The van der Waals surface area contributed by atoms with Crippen LogP contribution in [0.15, 0.2) is 42.5 Å². The van der Waals surface area contributed by atoms with Gasteiger partial charge in [-0.05, 0) is 86.9 Å². The van der Waals surface area contributed by atoms with Crippen molar-refractivity contribution in [2.75, 3.05) is 39.3 Å². The highest BCUT2D eigenvalue weighted by Crippen LogP contribution is 2.41. The lowest BCUT2D eigenvalue weighted by molar-refractivity contribution is -0.120. The maximum atomic E-state index is 14.5. The molecule has 0 aromatic heterocycles. The zero-order valence-corrected chi connectivity index (χ0v) is 24.5. The van der Waals surface area contributed by atoms with Crippen molar-refractivity contribution in [1.29, 1.82) is 0 Å². The highest BCUT2D eigenvalue weighted by Gasteiger charge is 2.39. The summed E-state index contributed by atoms with van der Waals surface area (Å²) < 4.78 is 14.5. The molecule has 2 heterocycles. The van der Waals surface area contributed by atoms with E-state index in [9.17, 15) is 9.18 Å². The van der Waals surface area contributed by atoms with Crippen LogP contribution >= 0.6 is 23.2 Å². The third-order valence-corrected chi connectivity index (χ3v) is 10.0. The monoisotopic (exact) mass is 573 g/mol. The Balaban J connectivity index is 1.30. The molecule has 0 spiro atoms. The number of benzene rings is 2. The normalized spacial score (nSPS) is 25.9. The number of piperazine rings is 1. The van der Waals surface area contributed by atoms with Crippen LogP contribution < -0.4 is 5.32 Å². The van der Waals surface area contributed by atoms with E-state index in [2.05, 4.69) is 27.2 Å². The SMILES string of the molecule is O=C(Cc1c(F)cccc1Cl)C1CC(CCN2CCN(C3CCCCC3)CC2)(c2cccc(Cl)c2)CCCN1. The number of ketones is 1. The molecule has 1 saturated carbocycles. The van der Waals surface area contributed by atoms with Gasteiger partial charge in [0, 0.05) is 54.3 Å². The van der Waals surface area contributed by atoms with Crippen molar-refractivity contribution in [3.05, 3.63) is 69.5 Å². The molecule has 5 rings (SSSR count). The molecule has 3 fully saturated rings. The lowest BCUT2D eigenvalue weighted by Crippen LogP contribution is -2.51. The number of halogens is 3. The summed E-state index contributed by atoms with van der Waals surface area (Å²) in [7, 11) is 0. The van der Waals surface area contributed by atoms with Crippen molar-refractivity contribution < 1.29 is 9.18 Å². The van der Waals surface area contributed by atoms with Gasteiger partial charge in [-0.2, -0.15) is 0 Å². The molecule has 2 aromatic carbocycles. The molecule has 7 heteroatoms. The van der Waals surface area contributed by atoms with Crippen molar-refractivity contribution in [2.45, 2.75) is 81.7 Å². The largest absolute Gasteiger partial charge is 0.307 e. The molecule has 0 bridgehead atoms. The van der Waals surface area contributed by atoms with Gasteiger partial charge >= 0.3 is 0 Å². The summed E-state index contributed by atoms with van der Waals surface area (Å²) in [6, 6.07) is 13.2. The molecule has 3 aliphatic rings. The van der Waals surface area contributed by atoms with Crippen LogP contribution in [0.4, 0.5) is 4.39 Å². The lowest BCUT2D eigenvalue weighted by atomic mass is 9.70. The Morgan fingerprint density at radius 1 is 1.00 bits per heavy atom. The van der Waals surface area contributed by atoms with Gasteiger partial charge in [-0.25, -0.2) is 4.39 Å². The fraction of sp³-hybridized carbons (Fsp3) is 0.594. The van der Waals surface area contributed by atoms with Crippen LogP contribution in [-0.4, -0.2) is 66.9 Å². The highest BCUT2D eigenvalue weighted by atomic mass is 35.5. The van der Waals surface area contributed by atoms with Gasteiger partial charge < -0.3 is 10.2 Å². The van der Waals surface area contributed by atoms with Crippen LogP contribution in [-0.2, 0) is 16.6 Å². The van der Waals surface area contributed by atoms with Gasteiger partial charge in [0.1, 0.15) is 5.82 Å². The first kappa shape index (κ1) is 29.0. The van der Waals surface area contributed by atoms with Crippen molar-refractivity contribution in [2.24, 2.45) is 0 Å². The first-order valence-electron chi connectivity index (χ1n) is 14.8. The second-order valence-corrected chi connectivity index (χ2v) is 12.7. The van der Waals surface area contributed by atoms with Crippen LogP contribution in [0.5, 0.6) is 0 Å². The van der Waals surface area contributed by atoms with Crippen molar-refractivity contribution >= 4 is 29.0 Å². The molecular weight excluding hydrogens is 532 g/mol. The zero-order chi connectivity index (χ0) is 27.2. The molecule has 2 aliphatic heterocycles. The quantitative estimate of drug-likeness (QED) is 0.382. The minimum absolute atomic E-state index is 0.00206. The first-order chi connectivity index (χ1) is 18.9. The predicted molar refractivity (Wildman–Crippen MR) is 158 cm³/mol. The molecule has 2 unspecified atom stereocenters. The van der Waals surface area contributed by atoms with Crippen LogP contribution in [0, 0.1) is 5.82 Å². The smallest absolute Gasteiger partial charge is 0.154 e. The molecule has 0 amide bonds. The second kappa shape index (κ2) is 13.4. The Bertz CT molecular complexity index is 1100. The molecule has 0 radical (unpaired) electrons. The third kappa shape index (κ3) is 7.23. The zero-order valence-electron chi connectivity index (χ0n) is 22.9. The van der Waals surface area contributed by atoms with E-state index in [4.69, 9.17) is 23.2 Å². The van der Waals surface area contributed by atoms with Crippen LogP contribution in [0.2, 0.25) is 10.0 Å². The number of nitrogens with zero attached hydrogens (tertiary/aromatic N) is 2. The van der Waals surface area contributed by atoms with Crippen molar-refractivity contribution in [1.82, 2.24) is 15.1 Å². The van der Waals surface area contributed by atoms with Gasteiger partial charge in [0.05, 0.1) is 6.04 Å². The average molecular weight is 575 g/mol. The molecule has 4 nitrogen and oxygen atoms in total. The number of hydrogen-bond donors (Lipinski definition) is 1. The molecule has 212 valence electrons. The van der Waals surface area contributed by atoms with Crippen molar-refractivity contribution in [3.63, 3.8) is 0 Å². The van der Waals surface area contributed by atoms with E-state index in [0.29, 0.717) is 17.0 Å². The Labute approximate surface area is 243 Å². The molecule has 1 N–H and O–H groups in total. The first-order valence-corrected chi connectivity index (χ1v) is 15.6. The maximum Gasteiger partial charge on any atom is 0.154 e. The van der Waals surface area contributed by atoms with E-state index in [0.717, 1.165) is 69.6 Å². The second-order valence-electron chi connectivity index (χ2n) is 11.9. The summed E-state index contributed by atoms with van der Waals surface area (Å²) in [6.07, 6.45) is 10.5. The van der Waals surface area contributed by atoms with E-state index >= 15 is 0 Å². The minimum Gasteiger partial charge on any atom is -0.307 e. The maximum absolute atomic E-state index is 14.5. The predicted octanol–water partition coefficient (Wildman–Crippen LogP) is 6.66. The van der Waals surface area contributed by atoms with Crippen LogP contribution in [0.3, 0.4) is 0 Å². The molecule has 2 aromatic rings. The topological polar surface area (TPSA) is 35.6 Å². The standard InChI is InChI=1S/C32H42Cl2FN3O/c33-25-8-4-7-24(21-25)32(14-16-37-17-19-38(20-18-37)26-9-2-1-3-10-26)13-6-15-36-30(23-32)31(39)22-27-28(34)11-5-12-29(27)35/h4-5,7-8,11-12,21,26,30,36H,1-3,6,9-10,13-20,22-23H2. The van der Waals surface area contributed by atoms with E-state index in [1.54, 1.807) is 12.1 Å². The van der Waals surface area contributed by atoms with Crippen molar-refractivity contribution in [3.8, 4) is 0 Å². The van der Waals surface area contributed by atoms with Gasteiger partial charge in [-0.15, -0.1) is 0 Å². The number of Topliss-reactive ketones (excluding diaryl/α,β-unsaturated/α-hetero) is 1. The fourth-order valence-corrected chi connectivity index (χ4v) is 7.54. The number of carbonyl (C=O) groups excluding carboxylic acids is 1. The van der Waals surface area contributed by atoms with Gasteiger partial charge in [0.25, 0.3) is 0 Å². The van der Waals surface area contributed by atoms with Gasteiger partial charge in [0.15, 0.2) is 5.78 Å². The average Bonchev–Trinajstić information content (AvgIpc) is 3.19. The fourth-order valence-electron chi connectivity index (χ4n) is 7.12. The van der Waals surface area contributed by atoms with E-state index in [-0.39, 0.29) is 23.7 Å². The number of rotatable bonds is 8. The highest BCUT2D eigenvalue weighted by molar-refractivity contribution is 6.31. The number of nitrogens with one attached hydrogen (secondary N) is 1. The van der Waals surface area contributed by atoms with Gasteiger partial charge in [-0.3, -0.25) is 9.69 Å².